The van der Waals surface area contributed by atoms with Crippen molar-refractivity contribution in [3.05, 3.63) is 96.3 Å². The first kappa shape index (κ1) is 19.2. The van der Waals surface area contributed by atoms with Crippen LogP contribution in [0.4, 0.5) is 5.69 Å². The van der Waals surface area contributed by atoms with E-state index in [2.05, 4.69) is 4.99 Å². The van der Waals surface area contributed by atoms with Crippen LogP contribution in [0.1, 0.15) is 12.5 Å². The average molecular weight is 373 g/mol. The molecule has 3 aromatic rings. The van der Waals surface area contributed by atoms with E-state index in [9.17, 15) is 0 Å². The van der Waals surface area contributed by atoms with Crippen LogP contribution < -0.4 is 14.2 Å². The molecule has 4 heteroatoms. The first-order chi connectivity index (χ1) is 13.6. The molecule has 0 fully saturated rings. The third-order valence-electron chi connectivity index (χ3n) is 3.96. The molecule has 28 heavy (non-hydrogen) atoms. The van der Waals surface area contributed by atoms with Gasteiger partial charge in [-0.25, -0.2) is 4.99 Å². The predicted molar refractivity (Wildman–Crippen MR) is 113 cm³/mol. The number of para-hydroxylation sites is 1. The van der Waals surface area contributed by atoms with Crippen molar-refractivity contribution in [2.24, 2.45) is 4.99 Å². The van der Waals surface area contributed by atoms with Crippen molar-refractivity contribution in [3.63, 3.8) is 0 Å². The van der Waals surface area contributed by atoms with E-state index in [1.165, 1.54) is 0 Å². The van der Waals surface area contributed by atoms with Gasteiger partial charge in [-0.05, 0) is 67.9 Å². The van der Waals surface area contributed by atoms with Crippen LogP contribution in [0.25, 0.3) is 0 Å². The highest BCUT2D eigenvalue weighted by molar-refractivity contribution is 5.96. The van der Waals surface area contributed by atoms with Crippen LogP contribution in [-0.2, 0) is 0 Å². The first-order valence-electron chi connectivity index (χ1n) is 9.00. The Labute approximate surface area is 165 Å². The molecule has 0 spiro atoms. The molecule has 0 amide bonds. The highest BCUT2D eigenvalue weighted by Crippen LogP contribution is 2.20. The monoisotopic (exact) mass is 373 g/mol. The van der Waals surface area contributed by atoms with Gasteiger partial charge in [0, 0.05) is 5.57 Å². The second kappa shape index (κ2) is 9.42. The number of aryl methyl sites for hydroxylation is 1. The van der Waals surface area contributed by atoms with Crippen LogP contribution in [0.15, 0.2) is 95.7 Å². The SMILES string of the molecule is COc1ccc(OC=C(C)/C(=N\c2ccccc2)Oc2cccc(C)c2)cc1. The summed E-state index contributed by atoms with van der Waals surface area (Å²) in [5.41, 5.74) is 2.69. The van der Waals surface area contributed by atoms with Crippen LogP contribution >= 0.6 is 0 Å². The number of hydrogen-bond acceptors (Lipinski definition) is 4. The Bertz CT molecular complexity index is 961. The number of rotatable bonds is 6. The van der Waals surface area contributed by atoms with E-state index in [0.717, 1.165) is 28.3 Å². The molecule has 0 radical (unpaired) electrons. The number of methoxy groups -OCH3 is 1. The van der Waals surface area contributed by atoms with E-state index in [1.807, 2.05) is 92.7 Å². The van der Waals surface area contributed by atoms with Gasteiger partial charge in [0.25, 0.3) is 0 Å². The molecule has 3 rings (SSSR count). The van der Waals surface area contributed by atoms with Crippen molar-refractivity contribution >= 4 is 11.6 Å². The van der Waals surface area contributed by atoms with Gasteiger partial charge >= 0.3 is 0 Å². The van der Waals surface area contributed by atoms with Gasteiger partial charge < -0.3 is 14.2 Å². The standard InChI is InChI=1S/C24H23NO3/c1-18-8-7-11-23(16-18)28-24(25-20-9-5-4-6-10-20)19(2)17-27-22-14-12-21(26-3)13-15-22/h4-17H,1-3H3/b19-17?,25-24+. The Morgan fingerprint density at radius 2 is 1.54 bits per heavy atom. The van der Waals surface area contributed by atoms with Crippen molar-refractivity contribution < 1.29 is 14.2 Å². The molecule has 3 aromatic carbocycles. The average Bonchev–Trinajstić information content (AvgIpc) is 2.73. The lowest BCUT2D eigenvalue weighted by Gasteiger charge is -2.11. The van der Waals surface area contributed by atoms with Gasteiger partial charge in [0.15, 0.2) is 0 Å². The first-order valence-corrected chi connectivity index (χ1v) is 9.00. The quantitative estimate of drug-likeness (QED) is 0.298. The second-order valence-corrected chi connectivity index (χ2v) is 6.27. The maximum Gasteiger partial charge on any atom is 0.225 e. The minimum Gasteiger partial charge on any atom is -0.497 e. The summed E-state index contributed by atoms with van der Waals surface area (Å²) in [5.74, 6) is 2.69. The zero-order valence-corrected chi connectivity index (χ0v) is 16.3. The Hall–Kier alpha value is -3.53. The Morgan fingerprint density at radius 1 is 0.821 bits per heavy atom. The number of ether oxygens (including phenoxy) is 3. The summed E-state index contributed by atoms with van der Waals surface area (Å²) in [4.78, 5) is 4.65. The molecule has 0 N–H and O–H groups in total. The number of nitrogens with zero attached hydrogens (tertiary/aromatic N) is 1. The van der Waals surface area contributed by atoms with Gasteiger partial charge in [-0.3, -0.25) is 0 Å². The van der Waals surface area contributed by atoms with Crippen LogP contribution in [0.5, 0.6) is 17.2 Å². The zero-order chi connectivity index (χ0) is 19.8. The highest BCUT2D eigenvalue weighted by atomic mass is 16.5. The number of hydrogen-bond donors (Lipinski definition) is 0. The predicted octanol–water partition coefficient (Wildman–Crippen LogP) is 6.10. The van der Waals surface area contributed by atoms with Gasteiger partial charge in [-0.1, -0.05) is 30.3 Å². The summed E-state index contributed by atoms with van der Waals surface area (Å²) >= 11 is 0. The minimum atomic E-state index is 0.477. The van der Waals surface area contributed by atoms with Crippen molar-refractivity contribution in [2.75, 3.05) is 7.11 Å². The molecule has 4 nitrogen and oxygen atoms in total. The topological polar surface area (TPSA) is 40.0 Å². The van der Waals surface area contributed by atoms with E-state index in [1.54, 1.807) is 13.4 Å². The Morgan fingerprint density at radius 3 is 2.21 bits per heavy atom. The molecule has 142 valence electrons. The van der Waals surface area contributed by atoms with Gasteiger partial charge in [0.2, 0.25) is 5.90 Å². The second-order valence-electron chi connectivity index (χ2n) is 6.27. The largest absolute Gasteiger partial charge is 0.497 e. The van der Waals surface area contributed by atoms with Crippen LogP contribution in [0.2, 0.25) is 0 Å². The van der Waals surface area contributed by atoms with E-state index < -0.39 is 0 Å². The third kappa shape index (κ3) is 5.48. The molecule has 0 saturated heterocycles. The molecule has 0 aliphatic carbocycles. The van der Waals surface area contributed by atoms with E-state index in [-0.39, 0.29) is 0 Å². The minimum absolute atomic E-state index is 0.477. The molecule has 0 heterocycles. The molecule has 0 saturated carbocycles. The van der Waals surface area contributed by atoms with Crippen LogP contribution in [-0.4, -0.2) is 13.0 Å². The van der Waals surface area contributed by atoms with Crippen LogP contribution in [0, 0.1) is 6.92 Å². The summed E-state index contributed by atoms with van der Waals surface area (Å²) in [6.07, 6.45) is 1.64. The normalized spacial score (nSPS) is 11.8. The Balaban J connectivity index is 1.85. The summed E-state index contributed by atoms with van der Waals surface area (Å²) in [6, 6.07) is 24.9. The maximum atomic E-state index is 6.07. The van der Waals surface area contributed by atoms with Crippen molar-refractivity contribution in [1.29, 1.82) is 0 Å². The third-order valence-corrected chi connectivity index (χ3v) is 3.96. The molecule has 0 bridgehead atoms. The number of benzene rings is 3. The summed E-state index contributed by atoms with van der Waals surface area (Å²) < 4.78 is 17.0. The molecule has 0 aliphatic rings. The fourth-order valence-electron chi connectivity index (χ4n) is 2.46. The van der Waals surface area contributed by atoms with Gasteiger partial charge in [-0.2, -0.15) is 0 Å². The van der Waals surface area contributed by atoms with E-state index >= 15 is 0 Å². The maximum absolute atomic E-state index is 6.07. The lowest BCUT2D eigenvalue weighted by atomic mass is 10.2. The van der Waals surface area contributed by atoms with E-state index in [4.69, 9.17) is 14.2 Å². The summed E-state index contributed by atoms with van der Waals surface area (Å²) in [5, 5.41) is 0. The van der Waals surface area contributed by atoms with Crippen molar-refractivity contribution in [1.82, 2.24) is 0 Å². The van der Waals surface area contributed by atoms with Gasteiger partial charge in [0.05, 0.1) is 19.1 Å². The van der Waals surface area contributed by atoms with Gasteiger partial charge in [0.1, 0.15) is 17.2 Å². The van der Waals surface area contributed by atoms with E-state index in [0.29, 0.717) is 11.6 Å². The van der Waals surface area contributed by atoms with Gasteiger partial charge in [-0.15, -0.1) is 0 Å². The highest BCUT2D eigenvalue weighted by Gasteiger charge is 2.08. The molecule has 0 atom stereocenters. The smallest absolute Gasteiger partial charge is 0.225 e. The fourth-order valence-corrected chi connectivity index (χ4v) is 2.46. The zero-order valence-electron chi connectivity index (χ0n) is 16.3. The Kier molecular flexibility index (Phi) is 6.47. The van der Waals surface area contributed by atoms with Crippen LogP contribution in [0.3, 0.4) is 0 Å². The summed E-state index contributed by atoms with van der Waals surface area (Å²) in [6.45, 7) is 3.93. The molecular formula is C24H23NO3. The number of aliphatic imine (C=N–C) groups is 1. The molecule has 0 aliphatic heterocycles. The molecule has 0 aromatic heterocycles. The van der Waals surface area contributed by atoms with Crippen molar-refractivity contribution in [3.8, 4) is 17.2 Å². The van der Waals surface area contributed by atoms with Crippen molar-refractivity contribution in [2.45, 2.75) is 13.8 Å². The lowest BCUT2D eigenvalue weighted by Crippen LogP contribution is -2.11. The molecular weight excluding hydrogens is 350 g/mol. The lowest BCUT2D eigenvalue weighted by molar-refractivity contribution is 0.412. The fraction of sp³-hybridized carbons (Fsp3) is 0.125. The molecule has 0 unspecified atom stereocenters. The summed E-state index contributed by atoms with van der Waals surface area (Å²) in [7, 11) is 1.63.